The number of rotatable bonds is 12. The Morgan fingerprint density at radius 1 is 0.833 bits per heavy atom. The van der Waals surface area contributed by atoms with Gasteiger partial charge in [0.05, 0.1) is 0 Å². The lowest BCUT2D eigenvalue weighted by atomic mass is 10.1. The van der Waals surface area contributed by atoms with Crippen molar-refractivity contribution in [3.8, 4) is 0 Å². The van der Waals surface area contributed by atoms with Crippen molar-refractivity contribution in [3.05, 3.63) is 31.2 Å². The van der Waals surface area contributed by atoms with E-state index in [0.29, 0.717) is 5.92 Å². The summed E-state index contributed by atoms with van der Waals surface area (Å²) >= 11 is 0. The van der Waals surface area contributed by atoms with Crippen LogP contribution in [0.1, 0.15) is 78.1 Å². The van der Waals surface area contributed by atoms with E-state index in [4.69, 9.17) is 0 Å². The minimum absolute atomic E-state index is 0.615. The van der Waals surface area contributed by atoms with Crippen LogP contribution in [0.3, 0.4) is 0 Å². The minimum atomic E-state index is 0.615. The third kappa shape index (κ3) is 15.5. The van der Waals surface area contributed by atoms with Crippen LogP contribution in [0, 0.1) is 12.8 Å². The van der Waals surface area contributed by atoms with E-state index in [1.165, 1.54) is 57.8 Å². The molecule has 0 fully saturated rings. The molecule has 0 aromatic rings. The molecule has 0 N–H and O–H groups in total. The van der Waals surface area contributed by atoms with E-state index in [9.17, 15) is 0 Å². The highest BCUT2D eigenvalue weighted by Gasteiger charge is 1.92. The second kappa shape index (κ2) is 14.5. The fourth-order valence-corrected chi connectivity index (χ4v) is 1.95. The van der Waals surface area contributed by atoms with Gasteiger partial charge < -0.3 is 0 Å². The van der Waals surface area contributed by atoms with Gasteiger partial charge in [-0.05, 0) is 38.0 Å². The predicted molar refractivity (Wildman–Crippen MR) is 84.6 cm³/mol. The molecule has 18 heavy (non-hydrogen) atoms. The summed E-state index contributed by atoms with van der Waals surface area (Å²) in [5.74, 6) is 0.615. The quantitative estimate of drug-likeness (QED) is 0.274. The summed E-state index contributed by atoms with van der Waals surface area (Å²) in [7, 11) is 0. The molecule has 0 aliphatic heterocycles. The van der Waals surface area contributed by atoms with Gasteiger partial charge in [-0.2, -0.15) is 0 Å². The molecule has 0 saturated carbocycles. The van der Waals surface area contributed by atoms with E-state index in [1.54, 1.807) is 0 Å². The van der Waals surface area contributed by atoms with Gasteiger partial charge in [-0.3, -0.25) is 0 Å². The first-order chi connectivity index (χ1) is 8.77. The zero-order chi connectivity index (χ0) is 13.5. The van der Waals surface area contributed by atoms with Crippen LogP contribution in [0.25, 0.3) is 0 Å². The fraction of sp³-hybridized carbons (Fsp3) is 0.722. The van der Waals surface area contributed by atoms with Crippen LogP contribution >= 0.6 is 0 Å². The van der Waals surface area contributed by atoms with Crippen LogP contribution in [0.15, 0.2) is 24.3 Å². The highest BCUT2D eigenvalue weighted by atomic mass is 14.0. The highest BCUT2D eigenvalue weighted by molar-refractivity contribution is 4.92. The van der Waals surface area contributed by atoms with Gasteiger partial charge >= 0.3 is 0 Å². The van der Waals surface area contributed by atoms with E-state index >= 15 is 0 Å². The molecule has 0 rings (SSSR count). The summed E-state index contributed by atoms with van der Waals surface area (Å²) < 4.78 is 0. The standard InChI is InChI=1S/C18H33/c1-4-5-6-7-8-9-10-11-12-13-14-15-16-17-18(2)3/h9-10,12-13,18H,2,4-8,11,14-17H2,1,3H3/b10-9+,13-12+. The molecule has 0 aromatic heterocycles. The summed E-state index contributed by atoms with van der Waals surface area (Å²) in [6.45, 7) is 8.46. The van der Waals surface area contributed by atoms with Crippen molar-refractivity contribution in [1.82, 2.24) is 0 Å². The van der Waals surface area contributed by atoms with Crippen molar-refractivity contribution >= 4 is 0 Å². The van der Waals surface area contributed by atoms with E-state index in [2.05, 4.69) is 45.1 Å². The predicted octanol–water partition coefficient (Wildman–Crippen LogP) is 6.49. The normalized spacial score (nSPS) is 12.2. The Hall–Kier alpha value is -0.520. The Kier molecular flexibility index (Phi) is 14.1. The van der Waals surface area contributed by atoms with Gasteiger partial charge in [0.1, 0.15) is 0 Å². The smallest absolute Gasteiger partial charge is 0.0169 e. The average Bonchev–Trinajstić information content (AvgIpc) is 2.34. The minimum Gasteiger partial charge on any atom is -0.0882 e. The highest BCUT2D eigenvalue weighted by Crippen LogP contribution is 2.08. The lowest BCUT2D eigenvalue weighted by molar-refractivity contribution is 0.582. The van der Waals surface area contributed by atoms with Crippen molar-refractivity contribution in [2.24, 2.45) is 5.92 Å². The molecule has 1 unspecified atom stereocenters. The molecular formula is C18H33. The van der Waals surface area contributed by atoms with Crippen LogP contribution in [0.5, 0.6) is 0 Å². The number of hydrogen-bond acceptors (Lipinski definition) is 0. The molecule has 0 bridgehead atoms. The monoisotopic (exact) mass is 249 g/mol. The van der Waals surface area contributed by atoms with Gasteiger partial charge in [0.2, 0.25) is 0 Å². The fourth-order valence-electron chi connectivity index (χ4n) is 1.95. The van der Waals surface area contributed by atoms with Gasteiger partial charge in [0.25, 0.3) is 0 Å². The SMILES string of the molecule is [CH2]C(C)CCCC/C=C/C/C=C/CCCCCC. The lowest BCUT2D eigenvalue weighted by Crippen LogP contribution is -1.86. The first-order valence-corrected chi connectivity index (χ1v) is 7.90. The number of unbranched alkanes of at least 4 members (excludes halogenated alkanes) is 6. The molecule has 0 heterocycles. The Morgan fingerprint density at radius 3 is 2.00 bits per heavy atom. The van der Waals surface area contributed by atoms with Crippen molar-refractivity contribution in [2.45, 2.75) is 78.1 Å². The first kappa shape index (κ1) is 17.5. The lowest BCUT2D eigenvalue weighted by Gasteiger charge is -2.01. The summed E-state index contributed by atoms with van der Waals surface area (Å²) in [5, 5.41) is 0. The maximum Gasteiger partial charge on any atom is -0.0169 e. The van der Waals surface area contributed by atoms with Crippen molar-refractivity contribution in [3.63, 3.8) is 0 Å². The molecule has 0 nitrogen and oxygen atoms in total. The van der Waals surface area contributed by atoms with E-state index in [0.717, 1.165) is 6.42 Å². The third-order valence-electron chi connectivity index (χ3n) is 3.15. The van der Waals surface area contributed by atoms with Gasteiger partial charge in [-0.15, -0.1) is 0 Å². The molecule has 0 aliphatic rings. The summed E-state index contributed by atoms with van der Waals surface area (Å²) in [4.78, 5) is 0. The molecule has 0 amide bonds. The summed E-state index contributed by atoms with van der Waals surface area (Å²) in [6, 6.07) is 0. The van der Waals surface area contributed by atoms with Gasteiger partial charge in [-0.1, -0.05) is 77.2 Å². The van der Waals surface area contributed by atoms with Gasteiger partial charge in [-0.25, -0.2) is 0 Å². The van der Waals surface area contributed by atoms with E-state index in [-0.39, 0.29) is 0 Å². The summed E-state index contributed by atoms with van der Waals surface area (Å²) in [5.41, 5.74) is 0. The Morgan fingerprint density at radius 2 is 1.44 bits per heavy atom. The van der Waals surface area contributed by atoms with Gasteiger partial charge in [0, 0.05) is 0 Å². The van der Waals surface area contributed by atoms with E-state index in [1.807, 2.05) is 0 Å². The largest absolute Gasteiger partial charge is 0.0882 e. The molecule has 1 radical (unpaired) electrons. The molecule has 0 aliphatic carbocycles. The molecule has 0 aromatic carbocycles. The zero-order valence-electron chi connectivity index (χ0n) is 12.7. The molecule has 0 heteroatoms. The molecular weight excluding hydrogens is 216 g/mol. The Labute approximate surface area is 116 Å². The number of hydrogen-bond donors (Lipinski definition) is 0. The average molecular weight is 249 g/mol. The maximum absolute atomic E-state index is 4.01. The van der Waals surface area contributed by atoms with E-state index < -0.39 is 0 Å². The molecule has 105 valence electrons. The topological polar surface area (TPSA) is 0 Å². The first-order valence-electron chi connectivity index (χ1n) is 7.90. The molecule has 0 spiro atoms. The van der Waals surface area contributed by atoms with Crippen LogP contribution in [-0.4, -0.2) is 0 Å². The third-order valence-corrected chi connectivity index (χ3v) is 3.15. The van der Waals surface area contributed by atoms with Crippen LogP contribution in [-0.2, 0) is 0 Å². The second-order valence-corrected chi connectivity index (χ2v) is 5.42. The van der Waals surface area contributed by atoms with Crippen molar-refractivity contribution in [2.75, 3.05) is 0 Å². The number of allylic oxidation sites excluding steroid dienone is 4. The van der Waals surface area contributed by atoms with Crippen LogP contribution in [0.4, 0.5) is 0 Å². The van der Waals surface area contributed by atoms with Crippen LogP contribution in [0.2, 0.25) is 0 Å². The maximum atomic E-state index is 4.01. The Bertz CT molecular complexity index is 198. The zero-order valence-corrected chi connectivity index (χ0v) is 12.7. The summed E-state index contributed by atoms with van der Waals surface area (Å²) in [6.07, 6.45) is 22.3. The molecule has 0 saturated heterocycles. The van der Waals surface area contributed by atoms with Crippen molar-refractivity contribution < 1.29 is 0 Å². The Balaban J connectivity index is 3.19. The second-order valence-electron chi connectivity index (χ2n) is 5.42. The van der Waals surface area contributed by atoms with Gasteiger partial charge in [0.15, 0.2) is 0 Å². The molecule has 1 atom stereocenters. The van der Waals surface area contributed by atoms with Crippen molar-refractivity contribution in [1.29, 1.82) is 0 Å². The van der Waals surface area contributed by atoms with Crippen LogP contribution < -0.4 is 0 Å².